The Balaban J connectivity index is 2.41. The Morgan fingerprint density at radius 1 is 1.47 bits per heavy atom. The third kappa shape index (κ3) is 4.36. The van der Waals surface area contributed by atoms with Crippen molar-refractivity contribution in [1.82, 2.24) is 10.2 Å². The minimum Gasteiger partial charge on any atom is -0.345 e. The van der Waals surface area contributed by atoms with Gasteiger partial charge in [-0.2, -0.15) is 0 Å². The number of benzene rings is 1. The fourth-order valence-corrected chi connectivity index (χ4v) is 1.57. The van der Waals surface area contributed by atoms with E-state index in [0.29, 0.717) is 13.1 Å². The van der Waals surface area contributed by atoms with Gasteiger partial charge in [-0.3, -0.25) is 4.79 Å². The van der Waals surface area contributed by atoms with Crippen LogP contribution in [0.4, 0.5) is 0 Å². The molecule has 4 heteroatoms. The van der Waals surface area contributed by atoms with Crippen molar-refractivity contribution in [3.63, 3.8) is 0 Å². The van der Waals surface area contributed by atoms with Crippen molar-refractivity contribution in [3.8, 4) is 0 Å². The van der Waals surface area contributed by atoms with Gasteiger partial charge in [-0.25, -0.2) is 0 Å². The summed E-state index contributed by atoms with van der Waals surface area (Å²) >= 11 is 6.03. The number of aryl methyl sites for hydroxylation is 1. The van der Waals surface area contributed by atoms with E-state index in [1.54, 1.807) is 11.9 Å². The molecule has 1 rings (SSSR count). The Hall–Kier alpha value is -1.06. The number of amides is 1. The van der Waals surface area contributed by atoms with E-state index in [4.69, 9.17) is 11.6 Å². The van der Waals surface area contributed by atoms with Gasteiger partial charge in [0.25, 0.3) is 0 Å². The summed E-state index contributed by atoms with van der Waals surface area (Å²) in [4.78, 5) is 13.2. The summed E-state index contributed by atoms with van der Waals surface area (Å²) in [5.74, 6) is 0.103. The molecule has 0 spiro atoms. The lowest BCUT2D eigenvalue weighted by molar-refractivity contribution is -0.128. The summed E-state index contributed by atoms with van der Waals surface area (Å²) in [6, 6.07) is 5.93. The maximum absolute atomic E-state index is 11.5. The minimum absolute atomic E-state index is 0.103. The zero-order valence-electron chi connectivity index (χ0n) is 10.6. The average molecular weight is 255 g/mol. The number of rotatable bonds is 5. The maximum atomic E-state index is 11.5. The Labute approximate surface area is 108 Å². The molecular weight excluding hydrogens is 236 g/mol. The largest absolute Gasteiger partial charge is 0.345 e. The molecule has 0 unspecified atom stereocenters. The molecule has 0 saturated heterocycles. The molecule has 0 heterocycles. The SMILES string of the molecule is CCN(C)C(=O)CNCc1ccc(C)c(Cl)c1. The lowest BCUT2D eigenvalue weighted by Crippen LogP contribution is -2.35. The number of hydrogen-bond donors (Lipinski definition) is 1. The molecule has 1 amide bonds. The van der Waals surface area contributed by atoms with Gasteiger partial charge in [-0.05, 0) is 31.0 Å². The van der Waals surface area contributed by atoms with Gasteiger partial charge in [-0.1, -0.05) is 23.7 Å². The van der Waals surface area contributed by atoms with E-state index in [1.807, 2.05) is 32.0 Å². The van der Waals surface area contributed by atoms with E-state index < -0.39 is 0 Å². The molecule has 1 N–H and O–H groups in total. The van der Waals surface area contributed by atoms with Crippen LogP contribution in [0.3, 0.4) is 0 Å². The number of carbonyl (C=O) groups excluding carboxylic acids is 1. The van der Waals surface area contributed by atoms with Gasteiger partial charge in [0.1, 0.15) is 0 Å². The predicted molar refractivity (Wildman–Crippen MR) is 71.2 cm³/mol. The summed E-state index contributed by atoms with van der Waals surface area (Å²) in [5.41, 5.74) is 2.16. The summed E-state index contributed by atoms with van der Waals surface area (Å²) in [6.45, 7) is 5.67. The highest BCUT2D eigenvalue weighted by Gasteiger charge is 2.05. The molecule has 0 atom stereocenters. The van der Waals surface area contributed by atoms with E-state index in [-0.39, 0.29) is 5.91 Å². The molecule has 3 nitrogen and oxygen atoms in total. The summed E-state index contributed by atoms with van der Waals surface area (Å²) in [7, 11) is 1.80. The molecule has 94 valence electrons. The van der Waals surface area contributed by atoms with Crippen molar-refractivity contribution in [2.75, 3.05) is 20.1 Å². The topological polar surface area (TPSA) is 32.3 Å². The van der Waals surface area contributed by atoms with Gasteiger partial charge >= 0.3 is 0 Å². The number of nitrogens with zero attached hydrogens (tertiary/aromatic N) is 1. The molecule has 0 fully saturated rings. The third-order valence-electron chi connectivity index (χ3n) is 2.74. The first-order chi connectivity index (χ1) is 8.04. The van der Waals surface area contributed by atoms with Gasteiger partial charge in [0, 0.05) is 25.2 Å². The van der Waals surface area contributed by atoms with Crippen LogP contribution >= 0.6 is 11.6 Å². The zero-order chi connectivity index (χ0) is 12.8. The Morgan fingerprint density at radius 3 is 2.76 bits per heavy atom. The molecule has 1 aromatic rings. The van der Waals surface area contributed by atoms with Gasteiger partial charge < -0.3 is 10.2 Å². The Kier molecular flexibility index (Phi) is 5.45. The average Bonchev–Trinajstić information content (AvgIpc) is 2.32. The first-order valence-electron chi connectivity index (χ1n) is 5.74. The minimum atomic E-state index is 0.103. The van der Waals surface area contributed by atoms with Crippen LogP contribution < -0.4 is 5.32 Å². The highest BCUT2D eigenvalue weighted by Crippen LogP contribution is 2.16. The smallest absolute Gasteiger partial charge is 0.236 e. The molecule has 0 saturated carbocycles. The van der Waals surface area contributed by atoms with Crippen molar-refractivity contribution in [2.24, 2.45) is 0 Å². The van der Waals surface area contributed by atoms with Crippen molar-refractivity contribution >= 4 is 17.5 Å². The van der Waals surface area contributed by atoms with Gasteiger partial charge in [0.05, 0.1) is 6.54 Å². The molecule has 0 bridgehead atoms. The summed E-state index contributed by atoms with van der Waals surface area (Å²) < 4.78 is 0. The second kappa shape index (κ2) is 6.62. The quantitative estimate of drug-likeness (QED) is 0.874. The molecule has 0 aliphatic rings. The first-order valence-corrected chi connectivity index (χ1v) is 6.12. The lowest BCUT2D eigenvalue weighted by Gasteiger charge is -2.14. The van der Waals surface area contributed by atoms with Crippen LogP contribution in [-0.4, -0.2) is 30.9 Å². The highest BCUT2D eigenvalue weighted by molar-refractivity contribution is 6.31. The number of halogens is 1. The van der Waals surface area contributed by atoms with Gasteiger partial charge in [0.15, 0.2) is 0 Å². The molecule has 1 aromatic carbocycles. The Bertz CT molecular complexity index is 393. The lowest BCUT2D eigenvalue weighted by atomic mass is 10.1. The Morgan fingerprint density at radius 2 is 2.18 bits per heavy atom. The van der Waals surface area contributed by atoms with E-state index >= 15 is 0 Å². The molecule has 0 radical (unpaired) electrons. The van der Waals surface area contributed by atoms with Crippen LogP contribution in [0.2, 0.25) is 5.02 Å². The number of nitrogens with one attached hydrogen (secondary N) is 1. The van der Waals surface area contributed by atoms with Crippen molar-refractivity contribution < 1.29 is 4.79 Å². The number of hydrogen-bond acceptors (Lipinski definition) is 2. The number of likely N-dealkylation sites (N-methyl/N-ethyl adjacent to an activating group) is 1. The molecular formula is C13H19ClN2O. The van der Waals surface area contributed by atoms with Crippen LogP contribution in [0.15, 0.2) is 18.2 Å². The summed E-state index contributed by atoms with van der Waals surface area (Å²) in [5, 5.41) is 3.88. The fraction of sp³-hybridized carbons (Fsp3) is 0.462. The molecule has 0 aliphatic heterocycles. The molecule has 0 aromatic heterocycles. The van der Waals surface area contributed by atoms with Gasteiger partial charge in [0.2, 0.25) is 5.91 Å². The monoisotopic (exact) mass is 254 g/mol. The maximum Gasteiger partial charge on any atom is 0.236 e. The van der Waals surface area contributed by atoms with Crippen molar-refractivity contribution in [3.05, 3.63) is 34.3 Å². The zero-order valence-corrected chi connectivity index (χ0v) is 11.3. The van der Waals surface area contributed by atoms with Crippen molar-refractivity contribution in [2.45, 2.75) is 20.4 Å². The second-order valence-corrected chi connectivity index (χ2v) is 4.50. The molecule has 0 aliphatic carbocycles. The van der Waals surface area contributed by atoms with Crippen LogP contribution in [0, 0.1) is 6.92 Å². The number of carbonyl (C=O) groups is 1. The van der Waals surface area contributed by atoms with Crippen LogP contribution in [0.25, 0.3) is 0 Å². The molecule has 17 heavy (non-hydrogen) atoms. The van der Waals surface area contributed by atoms with E-state index in [0.717, 1.165) is 22.7 Å². The normalized spacial score (nSPS) is 10.4. The van der Waals surface area contributed by atoms with Gasteiger partial charge in [-0.15, -0.1) is 0 Å². The standard InChI is InChI=1S/C13H19ClN2O/c1-4-16(3)13(17)9-15-8-11-6-5-10(2)12(14)7-11/h5-7,15H,4,8-9H2,1-3H3. The van der Waals surface area contributed by atoms with Crippen LogP contribution in [0.1, 0.15) is 18.1 Å². The van der Waals surface area contributed by atoms with Crippen LogP contribution in [-0.2, 0) is 11.3 Å². The third-order valence-corrected chi connectivity index (χ3v) is 3.15. The second-order valence-electron chi connectivity index (χ2n) is 4.10. The highest BCUT2D eigenvalue weighted by atomic mass is 35.5. The van der Waals surface area contributed by atoms with Crippen LogP contribution in [0.5, 0.6) is 0 Å². The summed E-state index contributed by atoms with van der Waals surface area (Å²) in [6.07, 6.45) is 0. The fourth-order valence-electron chi connectivity index (χ4n) is 1.37. The van der Waals surface area contributed by atoms with E-state index in [1.165, 1.54) is 0 Å². The van der Waals surface area contributed by atoms with E-state index in [9.17, 15) is 4.79 Å². The van der Waals surface area contributed by atoms with E-state index in [2.05, 4.69) is 5.32 Å². The predicted octanol–water partition coefficient (Wildman–Crippen LogP) is 2.22. The first kappa shape index (κ1) is 14.0. The van der Waals surface area contributed by atoms with Crippen molar-refractivity contribution in [1.29, 1.82) is 0 Å².